The molecule has 1 saturated heterocycles. The van der Waals surface area contributed by atoms with Crippen molar-refractivity contribution in [1.29, 1.82) is 0 Å². The molecule has 6 heteroatoms. The van der Waals surface area contributed by atoms with Crippen molar-refractivity contribution in [2.24, 2.45) is 0 Å². The number of hydrogen-bond acceptors (Lipinski definition) is 2. The number of rotatable bonds is 4. The molecule has 1 aromatic rings. The van der Waals surface area contributed by atoms with Crippen LogP contribution in [0.5, 0.6) is 0 Å². The van der Waals surface area contributed by atoms with Gasteiger partial charge in [0.1, 0.15) is 5.15 Å². The SMILES string of the molecule is CC(F)(F)CCC(=O)N1CC(c2ccnc(Cl)c2)C1. The van der Waals surface area contributed by atoms with E-state index in [1.165, 1.54) is 0 Å². The van der Waals surface area contributed by atoms with Crippen LogP contribution >= 0.6 is 11.6 Å². The quantitative estimate of drug-likeness (QED) is 0.798. The van der Waals surface area contributed by atoms with Gasteiger partial charge in [-0.3, -0.25) is 4.79 Å². The third-order valence-electron chi connectivity index (χ3n) is 3.23. The first-order valence-electron chi connectivity index (χ1n) is 6.12. The van der Waals surface area contributed by atoms with Crippen LogP contribution in [0, 0.1) is 0 Å². The summed E-state index contributed by atoms with van der Waals surface area (Å²) in [4.78, 5) is 17.2. The van der Waals surface area contributed by atoms with Gasteiger partial charge >= 0.3 is 0 Å². The summed E-state index contributed by atoms with van der Waals surface area (Å²) in [6.07, 6.45) is 1.13. The van der Waals surface area contributed by atoms with Crippen molar-refractivity contribution in [1.82, 2.24) is 9.88 Å². The minimum absolute atomic E-state index is 0.104. The lowest BCUT2D eigenvalue weighted by Crippen LogP contribution is -2.48. The molecule has 0 aliphatic carbocycles. The molecule has 0 bridgehead atoms. The third kappa shape index (κ3) is 3.86. The molecule has 0 saturated carbocycles. The van der Waals surface area contributed by atoms with Gasteiger partial charge in [0.15, 0.2) is 0 Å². The molecule has 3 nitrogen and oxygen atoms in total. The van der Waals surface area contributed by atoms with Gasteiger partial charge in [-0.25, -0.2) is 13.8 Å². The fraction of sp³-hybridized carbons (Fsp3) is 0.538. The number of pyridine rings is 1. The largest absolute Gasteiger partial charge is 0.341 e. The number of amides is 1. The van der Waals surface area contributed by atoms with Gasteiger partial charge in [0, 0.05) is 38.0 Å². The van der Waals surface area contributed by atoms with Crippen LogP contribution in [0.15, 0.2) is 18.3 Å². The average molecular weight is 289 g/mol. The number of aromatic nitrogens is 1. The molecule has 1 amide bonds. The van der Waals surface area contributed by atoms with Gasteiger partial charge in [0.2, 0.25) is 11.8 Å². The van der Waals surface area contributed by atoms with E-state index in [0.717, 1.165) is 12.5 Å². The van der Waals surface area contributed by atoms with Crippen LogP contribution in [-0.2, 0) is 4.79 Å². The zero-order valence-electron chi connectivity index (χ0n) is 10.6. The van der Waals surface area contributed by atoms with Crippen molar-refractivity contribution < 1.29 is 13.6 Å². The highest BCUT2D eigenvalue weighted by Crippen LogP contribution is 2.29. The Morgan fingerprint density at radius 3 is 2.84 bits per heavy atom. The maximum absolute atomic E-state index is 12.7. The Morgan fingerprint density at radius 2 is 2.26 bits per heavy atom. The number of nitrogens with zero attached hydrogens (tertiary/aromatic N) is 2. The minimum Gasteiger partial charge on any atom is -0.341 e. The van der Waals surface area contributed by atoms with E-state index in [9.17, 15) is 13.6 Å². The average Bonchev–Trinajstić information content (AvgIpc) is 2.23. The molecule has 0 radical (unpaired) electrons. The lowest BCUT2D eigenvalue weighted by atomic mass is 9.92. The second-order valence-corrected chi connectivity index (χ2v) is 5.37. The third-order valence-corrected chi connectivity index (χ3v) is 3.44. The molecule has 0 N–H and O–H groups in total. The molecule has 0 atom stereocenters. The van der Waals surface area contributed by atoms with Crippen LogP contribution in [0.2, 0.25) is 5.15 Å². The van der Waals surface area contributed by atoms with E-state index in [4.69, 9.17) is 11.6 Å². The first-order valence-corrected chi connectivity index (χ1v) is 6.50. The highest BCUT2D eigenvalue weighted by Gasteiger charge is 2.33. The maximum atomic E-state index is 12.7. The van der Waals surface area contributed by atoms with Crippen LogP contribution < -0.4 is 0 Å². The van der Waals surface area contributed by atoms with Crippen LogP contribution in [0.25, 0.3) is 0 Å². The Balaban J connectivity index is 1.81. The van der Waals surface area contributed by atoms with Gasteiger partial charge in [-0.05, 0) is 24.6 Å². The van der Waals surface area contributed by atoms with Gasteiger partial charge < -0.3 is 4.90 Å². The normalized spacial score (nSPS) is 16.3. The number of halogens is 3. The molecule has 1 aliphatic rings. The standard InChI is InChI=1S/C13H15ClF2N2O/c1-13(15,16)4-2-12(19)18-7-10(8-18)9-3-5-17-11(14)6-9/h3,5-6,10H,2,4,7-8H2,1H3. The first-order chi connectivity index (χ1) is 8.85. The Kier molecular flexibility index (Phi) is 4.04. The Bertz CT molecular complexity index is 470. The summed E-state index contributed by atoms with van der Waals surface area (Å²) in [6, 6.07) is 3.63. The smallest absolute Gasteiger partial charge is 0.245 e. The number of carbonyl (C=O) groups is 1. The Labute approximate surface area is 115 Å². The van der Waals surface area contributed by atoms with E-state index in [-0.39, 0.29) is 18.2 Å². The summed E-state index contributed by atoms with van der Waals surface area (Å²) in [6.45, 7) is 1.96. The van der Waals surface area contributed by atoms with Gasteiger partial charge in [0.25, 0.3) is 0 Å². The van der Waals surface area contributed by atoms with E-state index in [2.05, 4.69) is 4.98 Å². The lowest BCUT2D eigenvalue weighted by Gasteiger charge is -2.39. The lowest BCUT2D eigenvalue weighted by molar-refractivity contribution is -0.137. The summed E-state index contributed by atoms with van der Waals surface area (Å²) < 4.78 is 25.3. The summed E-state index contributed by atoms with van der Waals surface area (Å²) >= 11 is 5.79. The van der Waals surface area contributed by atoms with Crippen LogP contribution in [0.3, 0.4) is 0 Å². The molecule has 0 unspecified atom stereocenters. The van der Waals surface area contributed by atoms with Crippen molar-refractivity contribution in [2.75, 3.05) is 13.1 Å². The number of likely N-dealkylation sites (tertiary alicyclic amines) is 1. The number of alkyl halides is 2. The molecule has 0 spiro atoms. The molecule has 0 aromatic carbocycles. The van der Waals surface area contributed by atoms with E-state index in [0.29, 0.717) is 18.2 Å². The molecule has 104 valence electrons. The molecule has 19 heavy (non-hydrogen) atoms. The van der Waals surface area contributed by atoms with Crippen LogP contribution in [0.1, 0.15) is 31.2 Å². The van der Waals surface area contributed by atoms with Crippen LogP contribution in [0.4, 0.5) is 8.78 Å². The van der Waals surface area contributed by atoms with Gasteiger partial charge in [-0.1, -0.05) is 11.6 Å². The molecular weight excluding hydrogens is 274 g/mol. The predicted molar refractivity (Wildman–Crippen MR) is 68.4 cm³/mol. The molecule has 1 aromatic heterocycles. The van der Waals surface area contributed by atoms with Crippen molar-refractivity contribution in [3.63, 3.8) is 0 Å². The minimum atomic E-state index is -2.78. The molecule has 1 aliphatic heterocycles. The van der Waals surface area contributed by atoms with Crippen molar-refractivity contribution in [3.05, 3.63) is 29.0 Å². The first kappa shape index (κ1) is 14.2. The van der Waals surface area contributed by atoms with Gasteiger partial charge in [-0.15, -0.1) is 0 Å². The number of carbonyl (C=O) groups excluding carboxylic acids is 1. The monoisotopic (exact) mass is 288 g/mol. The number of hydrogen-bond donors (Lipinski definition) is 0. The van der Waals surface area contributed by atoms with Crippen molar-refractivity contribution in [3.8, 4) is 0 Å². The molecular formula is C13H15ClF2N2O. The van der Waals surface area contributed by atoms with Crippen molar-refractivity contribution in [2.45, 2.75) is 31.6 Å². The van der Waals surface area contributed by atoms with Crippen LogP contribution in [-0.4, -0.2) is 34.8 Å². The second-order valence-electron chi connectivity index (χ2n) is 4.98. The maximum Gasteiger partial charge on any atom is 0.245 e. The topological polar surface area (TPSA) is 33.2 Å². The summed E-state index contributed by atoms with van der Waals surface area (Å²) in [5.41, 5.74) is 1.03. The zero-order chi connectivity index (χ0) is 14.0. The van der Waals surface area contributed by atoms with E-state index < -0.39 is 12.3 Å². The Morgan fingerprint density at radius 1 is 1.58 bits per heavy atom. The summed E-state index contributed by atoms with van der Waals surface area (Å²) in [5.74, 6) is -2.76. The van der Waals surface area contributed by atoms with Gasteiger partial charge in [-0.2, -0.15) is 0 Å². The van der Waals surface area contributed by atoms with E-state index in [1.54, 1.807) is 17.2 Å². The highest BCUT2D eigenvalue weighted by molar-refractivity contribution is 6.29. The van der Waals surface area contributed by atoms with E-state index >= 15 is 0 Å². The highest BCUT2D eigenvalue weighted by atomic mass is 35.5. The van der Waals surface area contributed by atoms with E-state index in [1.807, 2.05) is 6.07 Å². The summed E-state index contributed by atoms with van der Waals surface area (Å²) in [5, 5.41) is 0.424. The summed E-state index contributed by atoms with van der Waals surface area (Å²) in [7, 11) is 0. The fourth-order valence-corrected chi connectivity index (χ4v) is 2.23. The fourth-order valence-electron chi connectivity index (χ4n) is 2.05. The second kappa shape index (κ2) is 5.41. The zero-order valence-corrected chi connectivity index (χ0v) is 11.3. The predicted octanol–water partition coefficient (Wildman–Crippen LogP) is 3.10. The molecule has 1 fully saturated rings. The Hall–Kier alpha value is -1.23. The molecule has 2 rings (SSSR count). The van der Waals surface area contributed by atoms with Gasteiger partial charge in [0.05, 0.1) is 0 Å². The van der Waals surface area contributed by atoms with Crippen molar-refractivity contribution >= 4 is 17.5 Å². The molecule has 2 heterocycles.